The standard InChI is InChI=1S/C14H14N2O3/c15-14(18)11-5-6-13(16-9-11)19-12-4-2-1-3-10(12)7-8-17/h1-6,9,17H,7-8H2,(H2,15,18). The van der Waals surface area contributed by atoms with Gasteiger partial charge >= 0.3 is 0 Å². The van der Waals surface area contributed by atoms with Crippen molar-refractivity contribution >= 4 is 5.91 Å². The lowest BCUT2D eigenvalue weighted by molar-refractivity contribution is 0.1000. The number of rotatable bonds is 5. The van der Waals surface area contributed by atoms with Gasteiger partial charge in [-0.05, 0) is 24.1 Å². The normalized spacial score (nSPS) is 10.2. The number of ether oxygens (including phenoxy) is 1. The van der Waals surface area contributed by atoms with Crippen LogP contribution in [0.3, 0.4) is 0 Å². The van der Waals surface area contributed by atoms with E-state index >= 15 is 0 Å². The van der Waals surface area contributed by atoms with Crippen molar-refractivity contribution in [3.8, 4) is 11.6 Å². The van der Waals surface area contributed by atoms with E-state index in [-0.39, 0.29) is 6.61 Å². The molecule has 2 rings (SSSR count). The van der Waals surface area contributed by atoms with Crippen LogP contribution in [0.15, 0.2) is 42.6 Å². The van der Waals surface area contributed by atoms with Crippen molar-refractivity contribution in [3.05, 3.63) is 53.7 Å². The molecule has 0 bridgehead atoms. The van der Waals surface area contributed by atoms with Crippen molar-refractivity contribution in [1.82, 2.24) is 4.98 Å². The van der Waals surface area contributed by atoms with E-state index in [1.165, 1.54) is 6.20 Å². The van der Waals surface area contributed by atoms with Crippen molar-refractivity contribution in [2.45, 2.75) is 6.42 Å². The van der Waals surface area contributed by atoms with E-state index in [2.05, 4.69) is 4.98 Å². The Morgan fingerprint density at radius 2 is 2.05 bits per heavy atom. The van der Waals surface area contributed by atoms with E-state index in [9.17, 15) is 4.79 Å². The Morgan fingerprint density at radius 3 is 2.68 bits per heavy atom. The van der Waals surface area contributed by atoms with Crippen molar-refractivity contribution in [2.24, 2.45) is 5.73 Å². The van der Waals surface area contributed by atoms with Gasteiger partial charge in [-0.2, -0.15) is 0 Å². The molecule has 5 nitrogen and oxygen atoms in total. The number of pyridine rings is 1. The van der Waals surface area contributed by atoms with Gasteiger partial charge in [-0.15, -0.1) is 0 Å². The summed E-state index contributed by atoms with van der Waals surface area (Å²) in [5.74, 6) is 0.478. The molecule has 0 aliphatic carbocycles. The first-order valence-electron chi connectivity index (χ1n) is 5.83. The number of hydrogen-bond donors (Lipinski definition) is 2. The molecule has 5 heteroatoms. The van der Waals surface area contributed by atoms with Gasteiger partial charge in [0, 0.05) is 18.9 Å². The maximum atomic E-state index is 10.9. The number of nitrogens with zero attached hydrogens (tertiary/aromatic N) is 1. The number of aromatic nitrogens is 1. The molecule has 0 aliphatic rings. The molecule has 19 heavy (non-hydrogen) atoms. The Labute approximate surface area is 110 Å². The van der Waals surface area contributed by atoms with E-state index in [1.54, 1.807) is 18.2 Å². The second kappa shape index (κ2) is 5.97. The molecule has 0 radical (unpaired) electrons. The van der Waals surface area contributed by atoms with Crippen LogP contribution in [-0.2, 0) is 6.42 Å². The van der Waals surface area contributed by atoms with Crippen molar-refractivity contribution in [2.75, 3.05) is 6.61 Å². The summed E-state index contributed by atoms with van der Waals surface area (Å²) in [4.78, 5) is 14.9. The number of para-hydroxylation sites is 1. The van der Waals surface area contributed by atoms with Gasteiger partial charge in [0.25, 0.3) is 0 Å². The van der Waals surface area contributed by atoms with Crippen LogP contribution in [-0.4, -0.2) is 22.6 Å². The van der Waals surface area contributed by atoms with Gasteiger partial charge in [0.1, 0.15) is 5.75 Å². The molecule has 0 spiro atoms. The maximum Gasteiger partial charge on any atom is 0.250 e. The Morgan fingerprint density at radius 1 is 1.26 bits per heavy atom. The fourth-order valence-electron chi connectivity index (χ4n) is 1.63. The number of nitrogens with two attached hydrogens (primary N) is 1. The predicted molar refractivity (Wildman–Crippen MR) is 70.1 cm³/mol. The molecule has 2 aromatic rings. The molecule has 0 saturated heterocycles. The first-order valence-corrected chi connectivity index (χ1v) is 5.83. The second-order valence-corrected chi connectivity index (χ2v) is 3.93. The number of carbonyl (C=O) groups excluding carboxylic acids is 1. The average Bonchev–Trinajstić information content (AvgIpc) is 2.42. The third-order valence-electron chi connectivity index (χ3n) is 2.59. The minimum atomic E-state index is -0.528. The van der Waals surface area contributed by atoms with Gasteiger partial charge in [0.05, 0.1) is 5.56 Å². The minimum absolute atomic E-state index is 0.0500. The zero-order chi connectivity index (χ0) is 13.7. The molecular weight excluding hydrogens is 244 g/mol. The minimum Gasteiger partial charge on any atom is -0.439 e. The zero-order valence-electron chi connectivity index (χ0n) is 10.2. The molecule has 0 atom stereocenters. The van der Waals surface area contributed by atoms with Crippen molar-refractivity contribution < 1.29 is 14.6 Å². The monoisotopic (exact) mass is 258 g/mol. The van der Waals surface area contributed by atoms with Crippen LogP contribution in [0.4, 0.5) is 0 Å². The van der Waals surface area contributed by atoms with Gasteiger partial charge < -0.3 is 15.6 Å². The highest BCUT2D eigenvalue weighted by Gasteiger charge is 2.06. The SMILES string of the molecule is NC(=O)c1ccc(Oc2ccccc2CCO)nc1. The second-order valence-electron chi connectivity index (χ2n) is 3.93. The predicted octanol–water partition coefficient (Wildman–Crippen LogP) is 1.51. The Bertz CT molecular complexity index is 567. The fourth-order valence-corrected chi connectivity index (χ4v) is 1.63. The smallest absolute Gasteiger partial charge is 0.250 e. The van der Waals surface area contributed by atoms with E-state index in [0.717, 1.165) is 5.56 Å². The van der Waals surface area contributed by atoms with Gasteiger partial charge in [0.15, 0.2) is 0 Å². The highest BCUT2D eigenvalue weighted by atomic mass is 16.5. The number of aliphatic hydroxyl groups excluding tert-OH is 1. The van der Waals surface area contributed by atoms with E-state index in [1.807, 2.05) is 18.2 Å². The lowest BCUT2D eigenvalue weighted by Gasteiger charge is -2.09. The number of amides is 1. The molecule has 1 aromatic carbocycles. The molecule has 0 saturated carbocycles. The van der Waals surface area contributed by atoms with Crippen LogP contribution < -0.4 is 10.5 Å². The largest absolute Gasteiger partial charge is 0.439 e. The van der Waals surface area contributed by atoms with Crippen LogP contribution in [0.5, 0.6) is 11.6 Å². The topological polar surface area (TPSA) is 85.4 Å². The van der Waals surface area contributed by atoms with Gasteiger partial charge in [-0.25, -0.2) is 4.98 Å². The number of benzene rings is 1. The van der Waals surface area contributed by atoms with Crippen molar-refractivity contribution in [1.29, 1.82) is 0 Å². The van der Waals surface area contributed by atoms with E-state index in [4.69, 9.17) is 15.6 Å². The lowest BCUT2D eigenvalue weighted by atomic mass is 10.1. The summed E-state index contributed by atoms with van der Waals surface area (Å²) in [5.41, 5.74) is 6.36. The summed E-state index contributed by atoms with van der Waals surface area (Å²) in [7, 11) is 0. The summed E-state index contributed by atoms with van der Waals surface area (Å²) >= 11 is 0. The fraction of sp³-hybridized carbons (Fsp3) is 0.143. The quantitative estimate of drug-likeness (QED) is 0.851. The first-order chi connectivity index (χ1) is 9.20. The molecule has 0 unspecified atom stereocenters. The first kappa shape index (κ1) is 13.0. The molecule has 1 amide bonds. The molecule has 98 valence electrons. The maximum absolute atomic E-state index is 10.9. The molecular formula is C14H14N2O3. The van der Waals surface area contributed by atoms with Crippen LogP contribution >= 0.6 is 0 Å². The average molecular weight is 258 g/mol. The molecule has 0 aliphatic heterocycles. The summed E-state index contributed by atoms with van der Waals surface area (Å²) < 4.78 is 5.62. The molecule has 1 aromatic heterocycles. The van der Waals surface area contributed by atoms with Gasteiger partial charge in [-0.3, -0.25) is 4.79 Å². The number of aliphatic hydroxyl groups is 1. The highest BCUT2D eigenvalue weighted by Crippen LogP contribution is 2.24. The van der Waals surface area contributed by atoms with Crippen molar-refractivity contribution in [3.63, 3.8) is 0 Å². The van der Waals surface area contributed by atoms with Crippen LogP contribution in [0.1, 0.15) is 15.9 Å². The molecule has 1 heterocycles. The number of primary amides is 1. The lowest BCUT2D eigenvalue weighted by Crippen LogP contribution is -2.10. The van der Waals surface area contributed by atoms with E-state index in [0.29, 0.717) is 23.6 Å². The van der Waals surface area contributed by atoms with Gasteiger partial charge in [0.2, 0.25) is 11.8 Å². The highest BCUT2D eigenvalue weighted by molar-refractivity contribution is 5.92. The molecule has 3 N–H and O–H groups in total. The summed E-state index contributed by atoms with van der Waals surface area (Å²) in [6, 6.07) is 10.5. The van der Waals surface area contributed by atoms with Crippen LogP contribution in [0, 0.1) is 0 Å². The van der Waals surface area contributed by atoms with Crippen LogP contribution in [0.2, 0.25) is 0 Å². The third kappa shape index (κ3) is 3.29. The number of hydrogen-bond acceptors (Lipinski definition) is 4. The third-order valence-corrected chi connectivity index (χ3v) is 2.59. The summed E-state index contributed by atoms with van der Waals surface area (Å²) in [6.07, 6.45) is 1.88. The van der Waals surface area contributed by atoms with Gasteiger partial charge in [-0.1, -0.05) is 18.2 Å². The Hall–Kier alpha value is -2.40. The summed E-state index contributed by atoms with van der Waals surface area (Å²) in [5, 5.41) is 8.99. The number of carbonyl (C=O) groups is 1. The zero-order valence-corrected chi connectivity index (χ0v) is 10.2. The molecule has 0 fully saturated rings. The Kier molecular flexibility index (Phi) is 4.10. The van der Waals surface area contributed by atoms with E-state index < -0.39 is 5.91 Å². The Balaban J connectivity index is 2.19. The van der Waals surface area contributed by atoms with Crippen LogP contribution in [0.25, 0.3) is 0 Å². The summed E-state index contributed by atoms with van der Waals surface area (Å²) in [6.45, 7) is 0.0500.